The first-order valence-electron chi connectivity index (χ1n) is 10.8. The normalized spacial score (nSPS) is 27.9. The Bertz CT molecular complexity index is 949. The van der Waals surface area contributed by atoms with Gasteiger partial charge in [-0.25, -0.2) is 4.68 Å². The van der Waals surface area contributed by atoms with Gasteiger partial charge in [0.1, 0.15) is 11.1 Å². The summed E-state index contributed by atoms with van der Waals surface area (Å²) in [5, 5.41) is 12.7. The third-order valence-corrected chi connectivity index (χ3v) is 7.46. The van der Waals surface area contributed by atoms with Crippen molar-refractivity contribution in [2.24, 2.45) is 5.92 Å². The maximum absolute atomic E-state index is 4.63. The number of aromatic nitrogens is 3. The van der Waals surface area contributed by atoms with Gasteiger partial charge in [-0.3, -0.25) is 4.90 Å². The summed E-state index contributed by atoms with van der Waals surface area (Å²) < 4.78 is 2.19. The fourth-order valence-corrected chi connectivity index (χ4v) is 5.80. The maximum atomic E-state index is 4.63. The number of allylic oxidation sites excluding steroid dienone is 2. The molecule has 2 fully saturated rings. The molecule has 5 heteroatoms. The number of likely N-dealkylation sites (N-methyl/N-ethyl adjacent to an activating group) is 2. The second-order valence-corrected chi connectivity index (χ2v) is 8.89. The number of hydrogen-bond donors (Lipinski definition) is 1. The Hall–Kier alpha value is -2.14. The van der Waals surface area contributed by atoms with Crippen molar-refractivity contribution >= 4 is 11.0 Å². The van der Waals surface area contributed by atoms with Crippen molar-refractivity contribution in [2.75, 3.05) is 20.6 Å². The summed E-state index contributed by atoms with van der Waals surface area (Å²) in [7, 11) is 4.37. The molecule has 6 rings (SSSR count). The van der Waals surface area contributed by atoms with Crippen molar-refractivity contribution in [3.63, 3.8) is 0 Å². The molecule has 1 aromatic heterocycles. The molecule has 0 amide bonds. The van der Waals surface area contributed by atoms with E-state index in [0.29, 0.717) is 5.92 Å². The van der Waals surface area contributed by atoms with Crippen LogP contribution in [-0.4, -0.2) is 46.6 Å². The zero-order valence-electron chi connectivity index (χ0n) is 17.3. The Morgan fingerprint density at radius 2 is 2.00 bits per heavy atom. The van der Waals surface area contributed by atoms with Crippen LogP contribution in [0.3, 0.4) is 0 Å². The number of nitrogens with one attached hydrogen (secondary N) is 1. The van der Waals surface area contributed by atoms with Crippen molar-refractivity contribution in [1.29, 1.82) is 0 Å². The number of nitrogens with zero attached hydrogens (tertiary/aromatic N) is 4. The van der Waals surface area contributed by atoms with Crippen molar-refractivity contribution in [1.82, 2.24) is 25.2 Å². The molecule has 4 aliphatic carbocycles. The summed E-state index contributed by atoms with van der Waals surface area (Å²) in [4.78, 5) is 2.57. The molecule has 4 aliphatic rings. The summed E-state index contributed by atoms with van der Waals surface area (Å²) in [6.45, 7) is 3.34. The van der Waals surface area contributed by atoms with Gasteiger partial charge in [-0.05, 0) is 37.6 Å². The average molecular weight is 378 g/mol. The summed E-state index contributed by atoms with van der Waals surface area (Å²) in [6.07, 6.45) is 10.3. The van der Waals surface area contributed by atoms with E-state index in [4.69, 9.17) is 0 Å². The SMILES string of the molecule is CNC1=C(CN(C)C2CCCCC2)C=C2CC1(n1nnc3ccccc31)C2C. The Labute approximate surface area is 167 Å². The van der Waals surface area contributed by atoms with Crippen LogP contribution in [-0.2, 0) is 5.54 Å². The average Bonchev–Trinajstić information content (AvgIpc) is 3.17. The Balaban J connectivity index is 1.54. The second-order valence-electron chi connectivity index (χ2n) is 8.89. The topological polar surface area (TPSA) is 46.0 Å². The van der Waals surface area contributed by atoms with Crippen LogP contribution in [0.1, 0.15) is 45.4 Å². The van der Waals surface area contributed by atoms with Gasteiger partial charge >= 0.3 is 0 Å². The predicted octanol–water partition coefficient (Wildman–Crippen LogP) is 3.84. The lowest BCUT2D eigenvalue weighted by Gasteiger charge is -2.55. The quantitative estimate of drug-likeness (QED) is 0.860. The molecular weight excluding hydrogens is 346 g/mol. The molecule has 2 bridgehead atoms. The van der Waals surface area contributed by atoms with Crippen LogP contribution in [0.4, 0.5) is 0 Å². The van der Waals surface area contributed by atoms with Gasteiger partial charge in [0.25, 0.3) is 0 Å². The van der Waals surface area contributed by atoms with Gasteiger partial charge in [-0.2, -0.15) is 0 Å². The van der Waals surface area contributed by atoms with Crippen LogP contribution in [0.15, 0.2) is 47.2 Å². The number of para-hydroxylation sites is 1. The number of benzene rings is 1. The number of hydrogen-bond acceptors (Lipinski definition) is 4. The van der Waals surface area contributed by atoms with E-state index in [1.54, 1.807) is 5.57 Å². The molecule has 148 valence electrons. The monoisotopic (exact) mass is 377 g/mol. The van der Waals surface area contributed by atoms with Gasteiger partial charge in [-0.15, -0.1) is 5.10 Å². The lowest BCUT2D eigenvalue weighted by atomic mass is 9.57. The van der Waals surface area contributed by atoms with Crippen molar-refractivity contribution in [2.45, 2.75) is 57.0 Å². The van der Waals surface area contributed by atoms with Gasteiger partial charge < -0.3 is 5.32 Å². The summed E-state index contributed by atoms with van der Waals surface area (Å²) in [5.74, 6) is 0.448. The Kier molecular flexibility index (Phi) is 4.31. The summed E-state index contributed by atoms with van der Waals surface area (Å²) in [6, 6.07) is 9.04. The van der Waals surface area contributed by atoms with E-state index in [9.17, 15) is 0 Å². The maximum Gasteiger partial charge on any atom is 0.115 e. The van der Waals surface area contributed by atoms with Gasteiger partial charge in [0.05, 0.1) is 5.52 Å². The van der Waals surface area contributed by atoms with E-state index >= 15 is 0 Å². The molecule has 1 aromatic carbocycles. The first kappa shape index (κ1) is 17.9. The third-order valence-electron chi connectivity index (χ3n) is 7.46. The molecule has 0 radical (unpaired) electrons. The molecule has 2 atom stereocenters. The molecule has 0 saturated heterocycles. The van der Waals surface area contributed by atoms with Crippen LogP contribution in [0, 0.1) is 5.92 Å². The first-order valence-corrected chi connectivity index (χ1v) is 10.8. The largest absolute Gasteiger partial charge is 0.389 e. The fourth-order valence-electron chi connectivity index (χ4n) is 5.80. The molecule has 0 aliphatic heterocycles. The van der Waals surface area contributed by atoms with E-state index in [2.05, 4.69) is 70.5 Å². The zero-order chi connectivity index (χ0) is 19.3. The van der Waals surface area contributed by atoms with E-state index in [1.807, 2.05) is 6.07 Å². The third kappa shape index (κ3) is 2.48. The van der Waals surface area contributed by atoms with Crippen molar-refractivity contribution in [3.05, 3.63) is 47.2 Å². The standard InChI is InChI=1S/C23H31N5/c1-16-17-13-18(15-27(3)19-9-5-4-6-10-19)22(24-2)23(16,14-17)28-21-12-8-7-11-20(21)25-26-28/h7-8,11-13,16,19,24H,4-6,9-10,14-15H2,1-3H3. The van der Waals surface area contributed by atoms with Crippen LogP contribution < -0.4 is 5.32 Å². The molecule has 2 unspecified atom stereocenters. The minimum absolute atomic E-state index is 0.127. The van der Waals surface area contributed by atoms with E-state index in [0.717, 1.165) is 30.0 Å². The van der Waals surface area contributed by atoms with Crippen LogP contribution in [0.2, 0.25) is 0 Å². The predicted molar refractivity (Wildman–Crippen MR) is 113 cm³/mol. The lowest BCUT2D eigenvalue weighted by molar-refractivity contribution is 0.137. The molecule has 2 saturated carbocycles. The zero-order valence-corrected chi connectivity index (χ0v) is 17.3. The molecule has 0 spiro atoms. The van der Waals surface area contributed by atoms with Crippen LogP contribution in [0.5, 0.6) is 0 Å². The van der Waals surface area contributed by atoms with Crippen molar-refractivity contribution < 1.29 is 0 Å². The molecular formula is C23H31N5. The van der Waals surface area contributed by atoms with Gasteiger partial charge in [0.2, 0.25) is 0 Å². The number of fused-ring (bicyclic) bond motifs is 2. The first-order chi connectivity index (χ1) is 13.6. The van der Waals surface area contributed by atoms with Gasteiger partial charge in [-0.1, -0.05) is 55.2 Å². The molecule has 5 nitrogen and oxygen atoms in total. The minimum atomic E-state index is -0.127. The minimum Gasteiger partial charge on any atom is -0.389 e. The Morgan fingerprint density at radius 3 is 2.75 bits per heavy atom. The molecule has 1 N–H and O–H groups in total. The lowest BCUT2D eigenvalue weighted by Crippen LogP contribution is -2.57. The van der Waals surface area contributed by atoms with Gasteiger partial charge in [0, 0.05) is 37.7 Å². The smallest absolute Gasteiger partial charge is 0.115 e. The number of rotatable bonds is 5. The van der Waals surface area contributed by atoms with Gasteiger partial charge in [0.15, 0.2) is 0 Å². The molecule has 28 heavy (non-hydrogen) atoms. The molecule has 1 heterocycles. The summed E-state index contributed by atoms with van der Waals surface area (Å²) in [5.41, 5.74) is 6.28. The highest BCUT2D eigenvalue weighted by molar-refractivity contribution is 5.75. The van der Waals surface area contributed by atoms with E-state index in [1.165, 1.54) is 43.4 Å². The highest BCUT2D eigenvalue weighted by Crippen LogP contribution is 2.57. The highest BCUT2D eigenvalue weighted by Gasteiger charge is 2.56. The fraction of sp³-hybridized carbons (Fsp3) is 0.565. The van der Waals surface area contributed by atoms with E-state index in [-0.39, 0.29) is 5.54 Å². The van der Waals surface area contributed by atoms with E-state index < -0.39 is 0 Å². The summed E-state index contributed by atoms with van der Waals surface area (Å²) >= 11 is 0. The molecule has 2 aromatic rings. The van der Waals surface area contributed by atoms with Crippen LogP contribution in [0.25, 0.3) is 11.0 Å². The highest BCUT2D eigenvalue weighted by atomic mass is 15.5. The second kappa shape index (κ2) is 6.73. The van der Waals surface area contributed by atoms with Crippen LogP contribution >= 0.6 is 0 Å². The Morgan fingerprint density at radius 1 is 1.21 bits per heavy atom. The van der Waals surface area contributed by atoms with Crippen molar-refractivity contribution in [3.8, 4) is 0 Å².